The van der Waals surface area contributed by atoms with Crippen molar-refractivity contribution in [2.45, 2.75) is 6.04 Å². The van der Waals surface area contributed by atoms with Crippen molar-refractivity contribution in [3.63, 3.8) is 0 Å². The van der Waals surface area contributed by atoms with Gasteiger partial charge in [-0.05, 0) is 29.8 Å². The summed E-state index contributed by atoms with van der Waals surface area (Å²) < 4.78 is 6.43. The summed E-state index contributed by atoms with van der Waals surface area (Å²) >= 11 is 0. The molecule has 1 atom stereocenters. The van der Waals surface area contributed by atoms with Crippen molar-refractivity contribution in [1.82, 2.24) is 20.0 Å². The fourth-order valence-electron chi connectivity index (χ4n) is 3.11. The van der Waals surface area contributed by atoms with Gasteiger partial charge in [-0.15, -0.1) is 0 Å². The molecular formula is C21H18N4O4. The first-order valence-corrected chi connectivity index (χ1v) is 9.05. The lowest BCUT2D eigenvalue weighted by Crippen LogP contribution is -2.40. The van der Waals surface area contributed by atoms with Crippen molar-refractivity contribution >= 4 is 17.9 Å². The molecule has 4 rings (SSSR count). The molecule has 2 heterocycles. The molecule has 0 radical (unpaired) electrons. The first kappa shape index (κ1) is 18.4. The molecule has 8 heteroatoms. The monoisotopic (exact) mass is 390 g/mol. The first-order chi connectivity index (χ1) is 14.1. The number of aromatic nitrogens is 2. The van der Waals surface area contributed by atoms with Crippen LogP contribution in [0.25, 0.3) is 5.69 Å². The normalized spacial score (nSPS) is 14.6. The number of nitrogens with zero attached hydrogens (tertiary/aromatic N) is 3. The molecule has 0 spiro atoms. The molecule has 1 N–H and O–H groups in total. The Balaban J connectivity index is 1.57. The Morgan fingerprint density at radius 3 is 2.62 bits per heavy atom. The van der Waals surface area contributed by atoms with Crippen molar-refractivity contribution in [3.05, 3.63) is 84.2 Å². The molecule has 2 aromatic carbocycles. The number of rotatable bonds is 6. The second-order valence-electron chi connectivity index (χ2n) is 6.50. The minimum Gasteiger partial charge on any atom is -0.439 e. The van der Waals surface area contributed by atoms with Crippen LogP contribution in [0.2, 0.25) is 0 Å². The van der Waals surface area contributed by atoms with E-state index in [-0.39, 0.29) is 19.1 Å². The maximum atomic E-state index is 12.9. The largest absolute Gasteiger partial charge is 0.439 e. The van der Waals surface area contributed by atoms with Crippen LogP contribution in [-0.4, -0.2) is 45.7 Å². The Bertz CT molecular complexity index is 1020. The maximum absolute atomic E-state index is 12.9. The van der Waals surface area contributed by atoms with E-state index in [2.05, 4.69) is 10.4 Å². The van der Waals surface area contributed by atoms with Gasteiger partial charge in [-0.3, -0.25) is 9.59 Å². The van der Waals surface area contributed by atoms with Gasteiger partial charge in [0.15, 0.2) is 6.61 Å². The number of imide groups is 1. The van der Waals surface area contributed by atoms with E-state index >= 15 is 0 Å². The predicted octanol–water partition coefficient (Wildman–Crippen LogP) is 2.32. The molecule has 1 aromatic heterocycles. The molecule has 29 heavy (non-hydrogen) atoms. The second kappa shape index (κ2) is 7.97. The smallest absolute Gasteiger partial charge is 0.417 e. The van der Waals surface area contributed by atoms with Gasteiger partial charge in [0.2, 0.25) is 0 Å². The van der Waals surface area contributed by atoms with Gasteiger partial charge >= 0.3 is 6.09 Å². The molecule has 1 aliphatic heterocycles. The van der Waals surface area contributed by atoms with Gasteiger partial charge in [0.25, 0.3) is 11.8 Å². The van der Waals surface area contributed by atoms with E-state index in [9.17, 15) is 14.4 Å². The first-order valence-electron chi connectivity index (χ1n) is 9.05. The van der Waals surface area contributed by atoms with Gasteiger partial charge in [-0.1, -0.05) is 36.4 Å². The zero-order valence-electron chi connectivity index (χ0n) is 15.4. The average Bonchev–Trinajstić information content (AvgIpc) is 3.40. The molecule has 8 nitrogen and oxygen atoms in total. The van der Waals surface area contributed by atoms with Gasteiger partial charge in [-0.2, -0.15) is 5.10 Å². The molecule has 3 aromatic rings. The van der Waals surface area contributed by atoms with Crippen LogP contribution in [-0.2, 0) is 9.53 Å². The van der Waals surface area contributed by atoms with Crippen molar-refractivity contribution < 1.29 is 19.1 Å². The van der Waals surface area contributed by atoms with Crippen LogP contribution in [0, 0.1) is 0 Å². The minimum absolute atomic E-state index is 0.00767. The number of carbonyl (C=O) groups is 3. The fourth-order valence-corrected chi connectivity index (χ4v) is 3.11. The van der Waals surface area contributed by atoms with Crippen molar-refractivity contribution in [1.29, 1.82) is 0 Å². The highest BCUT2D eigenvalue weighted by Crippen LogP contribution is 2.19. The van der Waals surface area contributed by atoms with Crippen LogP contribution >= 0.6 is 0 Å². The number of cyclic esters (lactones) is 1. The quantitative estimate of drug-likeness (QED) is 0.697. The third-order valence-corrected chi connectivity index (χ3v) is 4.59. The van der Waals surface area contributed by atoms with Crippen LogP contribution in [0.4, 0.5) is 4.79 Å². The topological polar surface area (TPSA) is 93.5 Å². The van der Waals surface area contributed by atoms with E-state index in [1.807, 2.05) is 36.4 Å². The molecule has 0 saturated carbocycles. The fraction of sp³-hybridized carbons (Fsp3) is 0.143. The van der Waals surface area contributed by atoms with E-state index in [0.29, 0.717) is 5.56 Å². The molecule has 1 aliphatic rings. The Morgan fingerprint density at radius 1 is 1.10 bits per heavy atom. The molecule has 1 fully saturated rings. The zero-order chi connectivity index (χ0) is 20.2. The van der Waals surface area contributed by atoms with Crippen LogP contribution in [0.1, 0.15) is 22.0 Å². The number of hydrogen-bond acceptors (Lipinski definition) is 5. The van der Waals surface area contributed by atoms with Gasteiger partial charge in [0.1, 0.15) is 0 Å². The van der Waals surface area contributed by atoms with Gasteiger partial charge in [-0.25, -0.2) is 14.4 Å². The lowest BCUT2D eigenvalue weighted by molar-refractivity contribution is -0.126. The highest BCUT2D eigenvalue weighted by atomic mass is 16.6. The number of ether oxygens (including phenoxy) is 1. The van der Waals surface area contributed by atoms with Crippen molar-refractivity contribution in [2.75, 3.05) is 13.2 Å². The summed E-state index contributed by atoms with van der Waals surface area (Å²) in [4.78, 5) is 37.7. The number of amides is 3. The Morgan fingerprint density at radius 2 is 1.93 bits per heavy atom. The highest BCUT2D eigenvalue weighted by Gasteiger charge is 2.33. The van der Waals surface area contributed by atoms with E-state index in [4.69, 9.17) is 4.74 Å². The number of nitrogens with one attached hydrogen (secondary N) is 1. The average molecular weight is 390 g/mol. The van der Waals surface area contributed by atoms with E-state index in [1.54, 1.807) is 41.3 Å². The summed E-state index contributed by atoms with van der Waals surface area (Å²) in [5.74, 6) is -0.751. The van der Waals surface area contributed by atoms with Crippen LogP contribution < -0.4 is 5.32 Å². The number of carbonyl (C=O) groups excluding carboxylic acids is 3. The van der Waals surface area contributed by atoms with Crippen LogP contribution in [0.3, 0.4) is 0 Å². The molecule has 146 valence electrons. The third-order valence-electron chi connectivity index (χ3n) is 4.59. The van der Waals surface area contributed by atoms with Gasteiger partial charge in [0, 0.05) is 18.0 Å². The van der Waals surface area contributed by atoms with E-state index in [0.717, 1.165) is 16.2 Å². The molecule has 0 unspecified atom stereocenters. The Labute approximate surface area is 166 Å². The molecule has 1 saturated heterocycles. The summed E-state index contributed by atoms with van der Waals surface area (Å²) in [6, 6.07) is 17.4. The summed E-state index contributed by atoms with van der Waals surface area (Å²) in [6.45, 7) is -0.285. The van der Waals surface area contributed by atoms with Crippen LogP contribution in [0.15, 0.2) is 73.1 Å². The summed E-state index contributed by atoms with van der Waals surface area (Å²) in [5, 5.41) is 7.09. The number of benzene rings is 2. The lowest BCUT2D eigenvalue weighted by Gasteiger charge is -2.23. The zero-order valence-corrected chi connectivity index (χ0v) is 15.4. The summed E-state index contributed by atoms with van der Waals surface area (Å²) in [7, 11) is 0. The van der Waals surface area contributed by atoms with Gasteiger partial charge in [0.05, 0.1) is 18.3 Å². The third kappa shape index (κ3) is 4.01. The van der Waals surface area contributed by atoms with Gasteiger partial charge < -0.3 is 10.1 Å². The molecule has 0 bridgehead atoms. The maximum Gasteiger partial charge on any atom is 0.417 e. The summed E-state index contributed by atoms with van der Waals surface area (Å²) in [6.07, 6.45) is 2.74. The summed E-state index contributed by atoms with van der Waals surface area (Å²) in [5.41, 5.74) is 1.96. The van der Waals surface area contributed by atoms with Crippen molar-refractivity contribution in [2.24, 2.45) is 0 Å². The second-order valence-corrected chi connectivity index (χ2v) is 6.50. The van der Waals surface area contributed by atoms with Crippen molar-refractivity contribution in [3.8, 4) is 5.69 Å². The van der Waals surface area contributed by atoms with Crippen LogP contribution in [0.5, 0.6) is 0 Å². The van der Waals surface area contributed by atoms with E-state index in [1.165, 1.54) is 0 Å². The predicted molar refractivity (Wildman–Crippen MR) is 103 cm³/mol. The molecule has 0 aliphatic carbocycles. The SMILES string of the molecule is O=C(N[C@@H](CN1C(=O)COC1=O)c1ccccc1)c1cccc(-n2cccn2)c1. The Kier molecular flexibility index (Phi) is 5.07. The molecular weight excluding hydrogens is 372 g/mol. The minimum atomic E-state index is -0.703. The lowest BCUT2D eigenvalue weighted by atomic mass is 10.1. The number of hydrogen-bond donors (Lipinski definition) is 1. The van der Waals surface area contributed by atoms with E-state index < -0.39 is 18.0 Å². The molecule has 3 amide bonds. The Hall–Kier alpha value is -3.94. The highest BCUT2D eigenvalue weighted by molar-refractivity contribution is 5.98. The standard InChI is InChI=1S/C21H18N4O4/c26-19-14-29-21(28)24(19)13-18(15-6-2-1-3-7-15)23-20(27)16-8-4-9-17(12-16)25-11-5-10-22-25/h1-12,18H,13-14H2,(H,23,27)/t18-/m0/s1.